The lowest BCUT2D eigenvalue weighted by Crippen LogP contribution is -2.41. The number of nitrogens with one attached hydrogen (secondary N) is 2. The Morgan fingerprint density at radius 2 is 1.76 bits per heavy atom. The molecule has 2 aliphatic rings. The number of carbonyl (C=O) groups excluding carboxylic acids is 1. The molecule has 37 heavy (non-hydrogen) atoms. The molecule has 1 amide bonds. The van der Waals surface area contributed by atoms with Crippen molar-refractivity contribution in [2.45, 2.75) is 43.9 Å². The fourth-order valence-corrected chi connectivity index (χ4v) is 5.08. The molecule has 1 fully saturated rings. The number of rotatable bonds is 5. The molecule has 1 saturated heterocycles. The van der Waals surface area contributed by atoms with Crippen LogP contribution in [0.2, 0.25) is 10.0 Å². The van der Waals surface area contributed by atoms with Crippen LogP contribution in [0.1, 0.15) is 35.8 Å². The van der Waals surface area contributed by atoms with Crippen molar-refractivity contribution < 1.29 is 23.8 Å². The van der Waals surface area contributed by atoms with E-state index < -0.39 is 47.7 Å². The van der Waals surface area contributed by atoms with Crippen molar-refractivity contribution in [1.29, 1.82) is 0 Å². The van der Waals surface area contributed by atoms with E-state index >= 15 is 4.39 Å². The van der Waals surface area contributed by atoms with Crippen LogP contribution in [0.15, 0.2) is 52.2 Å². The van der Waals surface area contributed by atoms with Crippen molar-refractivity contribution in [3.8, 4) is 11.5 Å². The highest BCUT2D eigenvalue weighted by Crippen LogP contribution is 2.49. The maximum atomic E-state index is 15.0. The Bertz CT molecular complexity index is 1440. The number of ether oxygens (including phenoxy) is 2. The van der Waals surface area contributed by atoms with Crippen LogP contribution >= 0.6 is 23.2 Å². The third kappa shape index (κ3) is 4.44. The van der Waals surface area contributed by atoms with Gasteiger partial charge in [-0.15, -0.1) is 0 Å². The predicted octanol–water partition coefficient (Wildman–Crippen LogP) is 3.06. The van der Waals surface area contributed by atoms with Gasteiger partial charge in [-0.25, -0.2) is 9.18 Å². The number of para-hydroxylation sites is 2. The van der Waals surface area contributed by atoms with Gasteiger partial charge in [-0.3, -0.25) is 19.1 Å². The summed E-state index contributed by atoms with van der Waals surface area (Å²) in [5.41, 5.74) is -0.146. The monoisotopic (exact) mass is 549 g/mol. The molecule has 5 rings (SSSR count). The van der Waals surface area contributed by atoms with E-state index in [0.29, 0.717) is 39.1 Å². The molecule has 0 bridgehead atoms. The Morgan fingerprint density at radius 1 is 1.14 bits per heavy atom. The highest BCUT2D eigenvalue weighted by molar-refractivity contribution is 6.33. The van der Waals surface area contributed by atoms with Crippen LogP contribution in [-0.4, -0.2) is 45.5 Å². The predicted molar refractivity (Wildman–Crippen MR) is 133 cm³/mol. The highest BCUT2D eigenvalue weighted by Gasteiger charge is 2.46. The van der Waals surface area contributed by atoms with Gasteiger partial charge in [-0.05, 0) is 18.6 Å². The van der Waals surface area contributed by atoms with Crippen LogP contribution in [0.5, 0.6) is 11.5 Å². The van der Waals surface area contributed by atoms with E-state index in [1.165, 1.54) is 6.20 Å². The molecule has 2 aromatic carbocycles. The number of aliphatic hydroxyl groups excluding tert-OH is 1. The summed E-state index contributed by atoms with van der Waals surface area (Å²) < 4.78 is 27.5. The van der Waals surface area contributed by atoms with E-state index in [4.69, 9.17) is 32.7 Å². The molecule has 0 spiro atoms. The summed E-state index contributed by atoms with van der Waals surface area (Å²) >= 11 is 12.6. The van der Waals surface area contributed by atoms with Gasteiger partial charge in [0.1, 0.15) is 23.7 Å². The number of fused-ring (bicyclic) bond motifs is 2. The Balaban J connectivity index is 1.39. The minimum atomic E-state index is -1.97. The summed E-state index contributed by atoms with van der Waals surface area (Å²) in [5, 5.41) is 13.8. The minimum absolute atomic E-state index is 0.251. The fraction of sp³-hybridized carbons (Fsp3) is 0.320. The summed E-state index contributed by atoms with van der Waals surface area (Å²) in [6, 6.07) is 10.0. The third-order valence-corrected chi connectivity index (χ3v) is 7.15. The van der Waals surface area contributed by atoms with Crippen LogP contribution in [0.25, 0.3) is 0 Å². The van der Waals surface area contributed by atoms with Crippen molar-refractivity contribution in [2.75, 3.05) is 6.54 Å². The SMILES string of the molecule is CCc1cn([C@@H]2O[C@H](CNC(=O)C3c4cccc(Cl)c4Oc4c(Cl)cccc43)[C@@H](O)[C@H]2F)c(=O)[nH]c1=O. The van der Waals surface area contributed by atoms with Crippen LogP contribution in [0.4, 0.5) is 4.39 Å². The number of hydrogen-bond acceptors (Lipinski definition) is 6. The second-order valence-corrected chi connectivity index (χ2v) is 9.59. The number of aliphatic hydroxyl groups is 1. The lowest BCUT2D eigenvalue weighted by Gasteiger charge is -2.29. The number of carbonyl (C=O) groups is 1. The Morgan fingerprint density at radius 3 is 2.35 bits per heavy atom. The molecule has 0 saturated carbocycles. The first kappa shape index (κ1) is 25.5. The highest BCUT2D eigenvalue weighted by atomic mass is 35.5. The first-order valence-corrected chi connectivity index (χ1v) is 12.3. The zero-order valence-electron chi connectivity index (χ0n) is 19.4. The first-order chi connectivity index (χ1) is 17.7. The summed E-state index contributed by atoms with van der Waals surface area (Å²) in [7, 11) is 0. The number of aromatic nitrogens is 2. The van der Waals surface area contributed by atoms with Crippen molar-refractivity contribution in [1.82, 2.24) is 14.9 Å². The molecule has 2 aliphatic heterocycles. The second-order valence-electron chi connectivity index (χ2n) is 8.77. The third-order valence-electron chi connectivity index (χ3n) is 6.55. The number of amides is 1. The van der Waals surface area contributed by atoms with Crippen LogP contribution in [0, 0.1) is 0 Å². The molecule has 0 radical (unpaired) electrons. The maximum Gasteiger partial charge on any atom is 0.330 e. The lowest BCUT2D eigenvalue weighted by molar-refractivity contribution is -0.123. The molecule has 194 valence electrons. The van der Waals surface area contributed by atoms with Gasteiger partial charge in [0.25, 0.3) is 5.56 Å². The number of H-pyrrole nitrogens is 1. The minimum Gasteiger partial charge on any atom is -0.454 e. The number of nitrogens with zero attached hydrogens (tertiary/aromatic N) is 1. The lowest BCUT2D eigenvalue weighted by atomic mass is 9.87. The van der Waals surface area contributed by atoms with Crippen LogP contribution < -0.4 is 21.3 Å². The van der Waals surface area contributed by atoms with Gasteiger partial charge in [0.05, 0.1) is 16.0 Å². The molecule has 4 atom stereocenters. The standard InChI is InChI=1S/C25H22Cl2FN3O6/c1-2-11-10-31(25(35)30-22(11)33)24-18(28)19(32)16(36-24)9-29-23(34)17-12-5-3-7-14(26)20(12)37-21-13(17)6-4-8-15(21)27/h3-8,10,16-19,24,32H,2,9H2,1H3,(H,29,34)(H,30,33,35)/t16-,18-,19-,24-/m1/s1. The normalized spacial score (nSPS) is 22.7. The molecule has 3 aromatic rings. The molecule has 1 aromatic heterocycles. The average Bonchev–Trinajstić information content (AvgIpc) is 3.15. The number of halogens is 3. The maximum absolute atomic E-state index is 15.0. The van der Waals surface area contributed by atoms with Crippen molar-refractivity contribution in [3.63, 3.8) is 0 Å². The van der Waals surface area contributed by atoms with E-state index in [0.717, 1.165) is 4.57 Å². The number of benzene rings is 2. The first-order valence-electron chi connectivity index (χ1n) is 11.6. The van der Waals surface area contributed by atoms with Gasteiger partial charge in [0.2, 0.25) is 5.91 Å². The quantitative estimate of drug-likeness (QED) is 0.449. The van der Waals surface area contributed by atoms with Gasteiger partial charge in [0.15, 0.2) is 12.4 Å². The van der Waals surface area contributed by atoms with Gasteiger partial charge in [0, 0.05) is 29.4 Å². The van der Waals surface area contributed by atoms with E-state index in [9.17, 15) is 19.5 Å². The number of alkyl halides is 1. The van der Waals surface area contributed by atoms with Crippen molar-refractivity contribution >= 4 is 29.1 Å². The Hall–Kier alpha value is -3.18. The average molecular weight is 550 g/mol. The molecule has 3 N–H and O–H groups in total. The molecular formula is C25H22Cl2FN3O6. The smallest absolute Gasteiger partial charge is 0.330 e. The molecule has 3 heterocycles. The van der Waals surface area contributed by atoms with Gasteiger partial charge in [-0.2, -0.15) is 0 Å². The fourth-order valence-electron chi connectivity index (χ4n) is 4.64. The zero-order chi connectivity index (χ0) is 26.4. The molecule has 0 unspecified atom stereocenters. The summed E-state index contributed by atoms with van der Waals surface area (Å²) in [5.74, 6) is -0.717. The van der Waals surface area contributed by atoms with E-state index in [2.05, 4.69) is 10.3 Å². The van der Waals surface area contributed by atoms with E-state index in [1.807, 2.05) is 0 Å². The summed E-state index contributed by atoms with van der Waals surface area (Å²) in [4.78, 5) is 39.7. The second kappa shape index (κ2) is 9.94. The topological polar surface area (TPSA) is 123 Å². The number of hydrogen-bond donors (Lipinski definition) is 3. The Kier molecular flexibility index (Phi) is 6.84. The number of aromatic amines is 1. The number of aryl methyl sites for hydroxylation is 1. The molecule has 0 aliphatic carbocycles. The van der Waals surface area contributed by atoms with Crippen LogP contribution in [-0.2, 0) is 16.0 Å². The molecular weight excluding hydrogens is 528 g/mol. The molecule has 9 nitrogen and oxygen atoms in total. The molecule has 12 heteroatoms. The van der Waals surface area contributed by atoms with Gasteiger partial charge < -0.3 is 19.9 Å². The summed E-state index contributed by atoms with van der Waals surface area (Å²) in [6.07, 6.45) is -4.72. The van der Waals surface area contributed by atoms with Crippen molar-refractivity contribution in [2.24, 2.45) is 0 Å². The van der Waals surface area contributed by atoms with Crippen molar-refractivity contribution in [3.05, 3.63) is 90.2 Å². The van der Waals surface area contributed by atoms with E-state index in [1.54, 1.807) is 43.3 Å². The van der Waals surface area contributed by atoms with E-state index in [-0.39, 0.29) is 12.1 Å². The van der Waals surface area contributed by atoms with Gasteiger partial charge >= 0.3 is 5.69 Å². The largest absolute Gasteiger partial charge is 0.454 e. The van der Waals surface area contributed by atoms with Gasteiger partial charge in [-0.1, -0.05) is 54.4 Å². The zero-order valence-corrected chi connectivity index (χ0v) is 20.9. The Labute approximate surface area is 219 Å². The summed E-state index contributed by atoms with van der Waals surface area (Å²) in [6.45, 7) is 1.46. The van der Waals surface area contributed by atoms with Crippen LogP contribution in [0.3, 0.4) is 0 Å².